The number of hydrogen-bond donors (Lipinski definition) is 1. The minimum absolute atomic E-state index is 0.0786. The van der Waals surface area contributed by atoms with Crippen molar-refractivity contribution in [1.82, 2.24) is 4.90 Å². The first-order valence-electron chi connectivity index (χ1n) is 8.85. The van der Waals surface area contributed by atoms with Crippen LogP contribution in [-0.2, 0) is 0 Å². The highest BCUT2D eigenvalue weighted by Crippen LogP contribution is 2.31. The predicted octanol–water partition coefficient (Wildman–Crippen LogP) is 3.85. The molecule has 1 saturated heterocycles. The first-order valence-corrected chi connectivity index (χ1v) is 8.85. The van der Waals surface area contributed by atoms with Crippen LogP contribution in [0.5, 0.6) is 0 Å². The van der Waals surface area contributed by atoms with Gasteiger partial charge in [0.2, 0.25) is 0 Å². The summed E-state index contributed by atoms with van der Waals surface area (Å²) in [6.45, 7) is 1.62. The Morgan fingerprint density at radius 2 is 1.75 bits per heavy atom. The number of likely N-dealkylation sites (tertiary alicyclic amines) is 1. The molecule has 2 amide bonds. The van der Waals surface area contributed by atoms with E-state index in [1.165, 1.54) is 18.2 Å². The smallest absolute Gasteiger partial charge is 0.323 e. The van der Waals surface area contributed by atoms with Crippen molar-refractivity contribution in [2.75, 3.05) is 25.0 Å². The molecule has 0 spiro atoms. The van der Waals surface area contributed by atoms with E-state index in [2.05, 4.69) is 4.90 Å². The number of primary amides is 1. The van der Waals surface area contributed by atoms with Gasteiger partial charge in [-0.05, 0) is 57.2 Å². The number of ketones is 1. The van der Waals surface area contributed by atoms with Gasteiger partial charge in [0.1, 0.15) is 0 Å². The Kier molecular flexibility index (Phi) is 5.69. The number of halogens is 3. The highest BCUT2D eigenvalue weighted by Gasteiger charge is 2.27. The van der Waals surface area contributed by atoms with Gasteiger partial charge in [-0.2, -0.15) is 0 Å². The molecular formula is C20H20F3N3O2. The van der Waals surface area contributed by atoms with E-state index in [-0.39, 0.29) is 17.4 Å². The summed E-state index contributed by atoms with van der Waals surface area (Å²) in [7, 11) is 1.99. The van der Waals surface area contributed by atoms with Crippen molar-refractivity contribution in [3.63, 3.8) is 0 Å². The van der Waals surface area contributed by atoms with Gasteiger partial charge in [-0.1, -0.05) is 12.1 Å². The lowest BCUT2D eigenvalue weighted by atomic mass is 9.89. The molecule has 0 unspecified atom stereocenters. The van der Waals surface area contributed by atoms with Crippen LogP contribution >= 0.6 is 0 Å². The molecule has 2 aromatic carbocycles. The van der Waals surface area contributed by atoms with Crippen LogP contribution in [0.2, 0.25) is 0 Å². The third-order valence-electron chi connectivity index (χ3n) is 4.95. The normalized spacial score (nSPS) is 15.4. The Morgan fingerprint density at radius 3 is 2.39 bits per heavy atom. The molecule has 28 heavy (non-hydrogen) atoms. The SMILES string of the molecule is CN1CCC(C(=O)c2cccc(N(C(N)=O)c3ccc(F)c(F)c3F)c2)CC1. The number of carbonyl (C=O) groups is 2. The molecular weight excluding hydrogens is 371 g/mol. The fourth-order valence-electron chi connectivity index (χ4n) is 3.38. The number of Topliss-reactive ketones (excluding diaryl/α,β-unsaturated/α-hetero) is 1. The maximum absolute atomic E-state index is 14.2. The molecule has 0 aliphatic carbocycles. The van der Waals surface area contributed by atoms with Gasteiger partial charge in [-0.3, -0.25) is 9.69 Å². The number of hydrogen-bond acceptors (Lipinski definition) is 3. The maximum atomic E-state index is 14.2. The average Bonchev–Trinajstić information content (AvgIpc) is 2.68. The standard InChI is InChI=1S/C20H20F3N3O2/c1-25-9-7-12(8-10-25)19(27)13-3-2-4-14(11-13)26(20(24)28)16-6-5-15(21)17(22)18(16)23/h2-6,11-12H,7-10H2,1H3,(H2,24,28). The van der Waals surface area contributed by atoms with Crippen LogP contribution in [-0.4, -0.2) is 36.9 Å². The molecule has 0 aromatic heterocycles. The fourth-order valence-corrected chi connectivity index (χ4v) is 3.38. The third kappa shape index (κ3) is 3.87. The quantitative estimate of drug-likeness (QED) is 0.636. The van der Waals surface area contributed by atoms with Crippen LogP contribution in [0.3, 0.4) is 0 Å². The second-order valence-electron chi connectivity index (χ2n) is 6.86. The van der Waals surface area contributed by atoms with Crippen LogP contribution in [0.15, 0.2) is 36.4 Å². The molecule has 1 fully saturated rings. The minimum atomic E-state index is -1.71. The molecule has 5 nitrogen and oxygen atoms in total. The Hall–Kier alpha value is -2.87. The molecule has 0 atom stereocenters. The van der Waals surface area contributed by atoms with E-state index in [1.807, 2.05) is 7.05 Å². The molecule has 3 rings (SSSR count). The zero-order valence-corrected chi connectivity index (χ0v) is 15.3. The third-order valence-corrected chi connectivity index (χ3v) is 4.95. The van der Waals surface area contributed by atoms with Crippen molar-refractivity contribution in [1.29, 1.82) is 0 Å². The molecule has 1 aliphatic rings. The van der Waals surface area contributed by atoms with Crippen molar-refractivity contribution < 1.29 is 22.8 Å². The lowest BCUT2D eigenvalue weighted by Gasteiger charge is -2.28. The Bertz CT molecular complexity index is 912. The average molecular weight is 391 g/mol. The van der Waals surface area contributed by atoms with Crippen molar-refractivity contribution >= 4 is 23.2 Å². The Balaban J connectivity index is 1.95. The summed E-state index contributed by atoms with van der Waals surface area (Å²) in [5.74, 6) is -4.84. The number of benzene rings is 2. The first kappa shape index (κ1) is 19.9. The van der Waals surface area contributed by atoms with Gasteiger partial charge >= 0.3 is 6.03 Å². The molecule has 1 heterocycles. The molecule has 2 aromatic rings. The highest BCUT2D eigenvalue weighted by atomic mass is 19.2. The molecule has 0 radical (unpaired) electrons. The number of amides is 2. The van der Waals surface area contributed by atoms with Crippen LogP contribution < -0.4 is 10.6 Å². The summed E-state index contributed by atoms with van der Waals surface area (Å²) in [6, 6.07) is 6.52. The van der Waals surface area contributed by atoms with Crippen LogP contribution in [0.4, 0.5) is 29.3 Å². The molecule has 0 saturated carbocycles. The molecule has 8 heteroatoms. The monoisotopic (exact) mass is 391 g/mol. The number of anilines is 2. The fraction of sp³-hybridized carbons (Fsp3) is 0.300. The number of urea groups is 1. The van der Waals surface area contributed by atoms with Gasteiger partial charge in [-0.25, -0.2) is 18.0 Å². The predicted molar refractivity (Wildman–Crippen MR) is 99.0 cm³/mol. The number of piperidine rings is 1. The maximum Gasteiger partial charge on any atom is 0.323 e. The second-order valence-corrected chi connectivity index (χ2v) is 6.86. The number of nitrogens with two attached hydrogens (primary N) is 1. The molecule has 1 aliphatic heterocycles. The van der Waals surface area contributed by atoms with E-state index in [0.717, 1.165) is 32.0 Å². The van der Waals surface area contributed by atoms with Gasteiger partial charge in [0, 0.05) is 11.5 Å². The van der Waals surface area contributed by atoms with E-state index < -0.39 is 29.2 Å². The number of nitrogens with zero attached hydrogens (tertiary/aromatic N) is 2. The van der Waals surface area contributed by atoms with Crippen molar-refractivity contribution in [3.05, 3.63) is 59.4 Å². The van der Waals surface area contributed by atoms with Gasteiger partial charge in [0.05, 0.1) is 11.4 Å². The zero-order chi connectivity index (χ0) is 20.4. The number of carbonyl (C=O) groups excluding carboxylic acids is 2. The van der Waals surface area contributed by atoms with Gasteiger partial charge in [0.15, 0.2) is 23.2 Å². The minimum Gasteiger partial charge on any atom is -0.351 e. The van der Waals surface area contributed by atoms with Crippen LogP contribution in [0.1, 0.15) is 23.2 Å². The summed E-state index contributed by atoms with van der Waals surface area (Å²) in [6.07, 6.45) is 1.44. The second kappa shape index (κ2) is 8.02. The van der Waals surface area contributed by atoms with Crippen molar-refractivity contribution in [2.24, 2.45) is 11.7 Å². The summed E-state index contributed by atoms with van der Waals surface area (Å²) in [4.78, 5) is 27.6. The lowest BCUT2D eigenvalue weighted by molar-refractivity contribution is 0.0857. The molecule has 0 bridgehead atoms. The topological polar surface area (TPSA) is 66.6 Å². The van der Waals surface area contributed by atoms with E-state index >= 15 is 0 Å². The van der Waals surface area contributed by atoms with Gasteiger partial charge in [0.25, 0.3) is 0 Å². The Morgan fingerprint density at radius 1 is 1.07 bits per heavy atom. The van der Waals surface area contributed by atoms with E-state index in [9.17, 15) is 22.8 Å². The van der Waals surface area contributed by atoms with Crippen LogP contribution in [0, 0.1) is 23.4 Å². The zero-order valence-electron chi connectivity index (χ0n) is 15.3. The first-order chi connectivity index (χ1) is 13.3. The summed E-state index contributed by atoms with van der Waals surface area (Å²) in [5.41, 5.74) is 5.27. The van der Waals surface area contributed by atoms with E-state index in [0.29, 0.717) is 16.5 Å². The van der Waals surface area contributed by atoms with E-state index in [1.54, 1.807) is 6.07 Å². The lowest BCUT2D eigenvalue weighted by Crippen LogP contribution is -2.34. The van der Waals surface area contributed by atoms with Crippen molar-refractivity contribution in [2.45, 2.75) is 12.8 Å². The number of rotatable bonds is 4. The van der Waals surface area contributed by atoms with Gasteiger partial charge in [-0.15, -0.1) is 0 Å². The summed E-state index contributed by atoms with van der Waals surface area (Å²) in [5, 5.41) is 0. The van der Waals surface area contributed by atoms with E-state index in [4.69, 9.17) is 5.73 Å². The van der Waals surface area contributed by atoms with Crippen molar-refractivity contribution in [3.8, 4) is 0 Å². The van der Waals surface area contributed by atoms with Gasteiger partial charge < -0.3 is 10.6 Å². The Labute approximate surface area is 160 Å². The summed E-state index contributed by atoms with van der Waals surface area (Å²) < 4.78 is 41.1. The molecule has 2 N–H and O–H groups in total. The van der Waals surface area contributed by atoms with Crippen LogP contribution in [0.25, 0.3) is 0 Å². The highest BCUT2D eigenvalue weighted by molar-refractivity contribution is 6.02. The summed E-state index contributed by atoms with van der Waals surface area (Å²) >= 11 is 0. The largest absolute Gasteiger partial charge is 0.351 e. The molecule has 148 valence electrons.